The molecule has 3 nitrogen and oxygen atoms in total. The van der Waals surface area contributed by atoms with Gasteiger partial charge in [0.15, 0.2) is 0 Å². The van der Waals surface area contributed by atoms with Gasteiger partial charge in [0.25, 0.3) is 0 Å². The number of hydrogen-bond acceptors (Lipinski definition) is 3. The molecule has 0 aliphatic heterocycles. The van der Waals surface area contributed by atoms with Crippen molar-refractivity contribution in [3.8, 4) is 5.75 Å². The second-order valence-electron chi connectivity index (χ2n) is 5.89. The van der Waals surface area contributed by atoms with Gasteiger partial charge in [-0.3, -0.25) is 0 Å². The van der Waals surface area contributed by atoms with Crippen molar-refractivity contribution in [3.05, 3.63) is 101 Å². The number of para-hydroxylation sites is 1. The number of aryl methyl sites for hydroxylation is 1. The summed E-state index contributed by atoms with van der Waals surface area (Å²) >= 11 is 0. The minimum atomic E-state index is 0.544. The van der Waals surface area contributed by atoms with Crippen molar-refractivity contribution in [1.29, 1.82) is 0 Å². The van der Waals surface area contributed by atoms with E-state index in [4.69, 9.17) is 4.74 Å². The Kier molecular flexibility index (Phi) is 5.83. The fourth-order valence-electron chi connectivity index (χ4n) is 2.41. The van der Waals surface area contributed by atoms with E-state index in [1.54, 1.807) is 6.21 Å². The monoisotopic (exact) mass is 330 g/mol. The minimum absolute atomic E-state index is 0.544. The van der Waals surface area contributed by atoms with Crippen LogP contribution in [0.15, 0.2) is 84.0 Å². The summed E-state index contributed by atoms with van der Waals surface area (Å²) in [5.41, 5.74) is 7.63. The van der Waals surface area contributed by atoms with E-state index in [9.17, 15) is 0 Å². The summed E-state index contributed by atoms with van der Waals surface area (Å²) in [5, 5.41) is 4.31. The van der Waals surface area contributed by atoms with Crippen molar-refractivity contribution in [2.24, 2.45) is 5.10 Å². The van der Waals surface area contributed by atoms with E-state index in [0.717, 1.165) is 16.9 Å². The highest BCUT2D eigenvalue weighted by Gasteiger charge is 2.01. The highest BCUT2D eigenvalue weighted by Crippen LogP contribution is 2.17. The first kappa shape index (κ1) is 16.8. The number of hydrazone groups is 1. The van der Waals surface area contributed by atoms with Crippen molar-refractivity contribution in [1.82, 2.24) is 5.43 Å². The first-order valence-electron chi connectivity index (χ1n) is 8.38. The Balaban J connectivity index is 1.58. The van der Waals surface area contributed by atoms with E-state index >= 15 is 0 Å². The zero-order valence-electron chi connectivity index (χ0n) is 14.4. The molecule has 0 saturated carbocycles. The van der Waals surface area contributed by atoms with Gasteiger partial charge in [-0.2, -0.15) is 5.10 Å². The third kappa shape index (κ3) is 5.21. The quantitative estimate of drug-likeness (QED) is 0.503. The molecule has 0 saturated heterocycles. The molecule has 0 unspecified atom stereocenters. The number of rotatable bonds is 7. The van der Waals surface area contributed by atoms with Gasteiger partial charge < -0.3 is 10.2 Å². The lowest BCUT2D eigenvalue weighted by Crippen LogP contribution is -2.06. The highest BCUT2D eigenvalue weighted by molar-refractivity contribution is 5.83. The number of hydrogen-bond donors (Lipinski definition) is 1. The topological polar surface area (TPSA) is 33.6 Å². The van der Waals surface area contributed by atoms with Gasteiger partial charge in [0.05, 0.1) is 12.8 Å². The van der Waals surface area contributed by atoms with Crippen LogP contribution in [0.25, 0.3) is 0 Å². The smallest absolute Gasteiger partial charge is 0.128 e. The molecule has 3 rings (SSSR count). The standard InChI is InChI=1S/C22H22N2O/c1-18-11-13-20(14-12-18)17-25-22-10-6-5-9-21(22)16-24-23-15-19-7-3-2-4-8-19/h2-14,16,23H,15,17H2,1H3. The molecule has 3 aromatic rings. The normalized spacial score (nSPS) is 10.8. The summed E-state index contributed by atoms with van der Waals surface area (Å²) in [4.78, 5) is 0. The van der Waals surface area contributed by atoms with Gasteiger partial charge in [-0.05, 0) is 30.2 Å². The lowest BCUT2D eigenvalue weighted by atomic mass is 10.1. The third-order valence-electron chi connectivity index (χ3n) is 3.85. The second kappa shape index (κ2) is 8.69. The first-order valence-corrected chi connectivity index (χ1v) is 8.38. The van der Waals surface area contributed by atoms with Crippen LogP contribution in [-0.2, 0) is 13.2 Å². The highest BCUT2D eigenvalue weighted by atomic mass is 16.5. The predicted octanol–water partition coefficient (Wildman–Crippen LogP) is 4.70. The van der Waals surface area contributed by atoms with Crippen molar-refractivity contribution in [2.45, 2.75) is 20.1 Å². The van der Waals surface area contributed by atoms with E-state index in [1.807, 2.05) is 42.5 Å². The van der Waals surface area contributed by atoms with Gasteiger partial charge in [0, 0.05) is 5.56 Å². The SMILES string of the molecule is Cc1ccc(COc2ccccc2C=NNCc2ccccc2)cc1. The molecule has 0 aliphatic rings. The van der Waals surface area contributed by atoms with Gasteiger partial charge >= 0.3 is 0 Å². The molecule has 3 heteroatoms. The number of ether oxygens (including phenoxy) is 1. The lowest BCUT2D eigenvalue weighted by Gasteiger charge is -2.09. The molecule has 25 heavy (non-hydrogen) atoms. The Morgan fingerprint density at radius 1 is 0.840 bits per heavy atom. The third-order valence-corrected chi connectivity index (χ3v) is 3.85. The average molecular weight is 330 g/mol. The molecular formula is C22H22N2O. The van der Waals surface area contributed by atoms with Crippen molar-refractivity contribution in [2.75, 3.05) is 0 Å². The summed E-state index contributed by atoms with van der Waals surface area (Å²) in [6.07, 6.45) is 1.80. The van der Waals surface area contributed by atoms with Crippen LogP contribution in [0.2, 0.25) is 0 Å². The van der Waals surface area contributed by atoms with Gasteiger partial charge in [-0.15, -0.1) is 0 Å². The zero-order valence-corrected chi connectivity index (χ0v) is 14.4. The second-order valence-corrected chi connectivity index (χ2v) is 5.89. The summed E-state index contributed by atoms with van der Waals surface area (Å²) in [7, 11) is 0. The van der Waals surface area contributed by atoms with Crippen LogP contribution in [0.1, 0.15) is 22.3 Å². The van der Waals surface area contributed by atoms with Gasteiger partial charge in [0.2, 0.25) is 0 Å². The summed E-state index contributed by atoms with van der Waals surface area (Å²) in [6.45, 7) is 3.32. The fraction of sp³-hybridized carbons (Fsp3) is 0.136. The predicted molar refractivity (Wildman–Crippen MR) is 103 cm³/mol. The molecule has 1 N–H and O–H groups in total. The van der Waals surface area contributed by atoms with Crippen molar-refractivity contribution >= 4 is 6.21 Å². The molecule has 0 aliphatic carbocycles. The van der Waals surface area contributed by atoms with Gasteiger partial charge in [0.1, 0.15) is 12.4 Å². The Morgan fingerprint density at radius 2 is 1.56 bits per heavy atom. The van der Waals surface area contributed by atoms with Gasteiger partial charge in [-0.1, -0.05) is 72.3 Å². The fourth-order valence-corrected chi connectivity index (χ4v) is 2.41. The van der Waals surface area contributed by atoms with Crippen LogP contribution in [0.4, 0.5) is 0 Å². The molecule has 3 aromatic carbocycles. The van der Waals surface area contributed by atoms with Crippen LogP contribution in [0.5, 0.6) is 5.75 Å². The summed E-state index contributed by atoms with van der Waals surface area (Å²) in [5.74, 6) is 0.827. The molecule has 126 valence electrons. The molecule has 0 atom stereocenters. The van der Waals surface area contributed by atoms with Crippen LogP contribution in [0.3, 0.4) is 0 Å². The lowest BCUT2D eigenvalue weighted by molar-refractivity contribution is 0.306. The number of nitrogens with zero attached hydrogens (tertiary/aromatic N) is 1. The van der Waals surface area contributed by atoms with E-state index in [0.29, 0.717) is 13.2 Å². The molecule has 0 heterocycles. The maximum atomic E-state index is 5.96. The molecule has 0 spiro atoms. The maximum Gasteiger partial charge on any atom is 0.128 e. The molecule has 0 bridgehead atoms. The number of nitrogens with one attached hydrogen (secondary N) is 1. The van der Waals surface area contributed by atoms with Crippen LogP contribution >= 0.6 is 0 Å². The summed E-state index contributed by atoms with van der Waals surface area (Å²) in [6, 6.07) is 26.5. The minimum Gasteiger partial charge on any atom is -0.488 e. The Bertz CT molecular complexity index is 811. The number of benzene rings is 3. The first-order chi connectivity index (χ1) is 12.3. The molecule has 0 fully saturated rings. The largest absolute Gasteiger partial charge is 0.488 e. The Morgan fingerprint density at radius 3 is 2.36 bits per heavy atom. The Labute approximate surface area is 149 Å². The average Bonchev–Trinajstić information content (AvgIpc) is 2.66. The van der Waals surface area contributed by atoms with Gasteiger partial charge in [-0.25, -0.2) is 0 Å². The Hall–Kier alpha value is -3.07. The van der Waals surface area contributed by atoms with Crippen LogP contribution < -0.4 is 10.2 Å². The van der Waals surface area contributed by atoms with Crippen molar-refractivity contribution in [3.63, 3.8) is 0 Å². The van der Waals surface area contributed by atoms with E-state index in [1.165, 1.54) is 11.1 Å². The van der Waals surface area contributed by atoms with E-state index in [-0.39, 0.29) is 0 Å². The van der Waals surface area contributed by atoms with Crippen molar-refractivity contribution < 1.29 is 4.74 Å². The molecular weight excluding hydrogens is 308 g/mol. The zero-order chi connectivity index (χ0) is 17.3. The molecule has 0 amide bonds. The van der Waals surface area contributed by atoms with E-state index in [2.05, 4.69) is 53.8 Å². The van der Waals surface area contributed by atoms with Crippen LogP contribution in [0, 0.1) is 6.92 Å². The maximum absolute atomic E-state index is 5.96. The summed E-state index contributed by atoms with van der Waals surface area (Å²) < 4.78 is 5.96. The molecule has 0 radical (unpaired) electrons. The van der Waals surface area contributed by atoms with Crippen LogP contribution in [-0.4, -0.2) is 6.21 Å². The van der Waals surface area contributed by atoms with E-state index < -0.39 is 0 Å². The molecule has 0 aromatic heterocycles.